The van der Waals surface area contributed by atoms with Crippen LogP contribution in [-0.2, 0) is 17.6 Å². The molecule has 0 saturated carbocycles. The summed E-state index contributed by atoms with van der Waals surface area (Å²) in [5.41, 5.74) is 7.93. The number of fused-ring (bicyclic) bond motifs is 2. The van der Waals surface area contributed by atoms with Crippen LogP contribution in [0.5, 0.6) is 0 Å². The minimum absolute atomic E-state index is 0.00582. The van der Waals surface area contributed by atoms with Gasteiger partial charge in [-0.15, -0.1) is 0 Å². The number of carbonyl (C=O) groups is 1. The van der Waals surface area contributed by atoms with Gasteiger partial charge in [0.05, 0.1) is 11.7 Å². The molecule has 1 atom stereocenters. The maximum atomic E-state index is 13.0. The molecule has 1 amide bonds. The van der Waals surface area contributed by atoms with Crippen molar-refractivity contribution in [1.29, 1.82) is 0 Å². The number of nitrogens with zero attached hydrogens (tertiary/aromatic N) is 2. The van der Waals surface area contributed by atoms with Gasteiger partial charge in [-0.1, -0.05) is 30.3 Å². The number of carbonyl (C=O) groups excluding carboxylic acids is 1. The van der Waals surface area contributed by atoms with Crippen molar-refractivity contribution in [3.05, 3.63) is 77.5 Å². The number of aromatic nitrogens is 1. The summed E-state index contributed by atoms with van der Waals surface area (Å²) < 4.78 is 5.75. The lowest BCUT2D eigenvalue weighted by Crippen LogP contribution is -2.44. The third kappa shape index (κ3) is 3.26. The Morgan fingerprint density at radius 2 is 1.83 bits per heavy atom. The summed E-state index contributed by atoms with van der Waals surface area (Å²) in [6, 6.07) is 19.1. The van der Waals surface area contributed by atoms with E-state index in [0.717, 1.165) is 24.1 Å². The van der Waals surface area contributed by atoms with Crippen LogP contribution in [0.25, 0.3) is 22.4 Å². The number of amides is 1. The summed E-state index contributed by atoms with van der Waals surface area (Å²) in [4.78, 5) is 19.5. The van der Waals surface area contributed by atoms with Gasteiger partial charge in [-0.05, 0) is 85.7 Å². The highest BCUT2D eigenvalue weighted by atomic mass is 16.6. The highest BCUT2D eigenvalue weighted by Crippen LogP contribution is 2.47. The van der Waals surface area contributed by atoms with E-state index >= 15 is 0 Å². The quantitative estimate of drug-likeness (QED) is 0.520. The fraction of sp³-hybridized carbons (Fsp3) is 0.308. The predicted octanol–water partition coefficient (Wildman–Crippen LogP) is 5.81. The minimum Gasteiger partial charge on any atom is -0.444 e. The molecule has 3 aromatic rings. The van der Waals surface area contributed by atoms with Crippen molar-refractivity contribution in [2.24, 2.45) is 0 Å². The molecule has 0 saturated heterocycles. The zero-order chi connectivity index (χ0) is 20.9. The Morgan fingerprint density at radius 1 is 1.03 bits per heavy atom. The molecule has 1 unspecified atom stereocenters. The largest absolute Gasteiger partial charge is 0.444 e. The van der Waals surface area contributed by atoms with Crippen LogP contribution in [-0.4, -0.2) is 28.1 Å². The highest BCUT2D eigenvalue weighted by molar-refractivity contribution is 5.82. The van der Waals surface area contributed by atoms with E-state index in [2.05, 4.69) is 47.4 Å². The van der Waals surface area contributed by atoms with E-state index in [4.69, 9.17) is 4.74 Å². The molecule has 2 aliphatic rings. The normalized spacial score (nSPS) is 17.2. The van der Waals surface area contributed by atoms with Gasteiger partial charge in [0.15, 0.2) is 0 Å². The molecule has 1 aliphatic carbocycles. The first kappa shape index (κ1) is 18.9. The maximum absolute atomic E-state index is 13.0. The van der Waals surface area contributed by atoms with E-state index < -0.39 is 5.60 Å². The summed E-state index contributed by atoms with van der Waals surface area (Å²) >= 11 is 0. The second kappa shape index (κ2) is 6.98. The lowest BCUT2D eigenvalue weighted by molar-refractivity contribution is 0.0140. The van der Waals surface area contributed by atoms with E-state index in [9.17, 15) is 4.79 Å². The van der Waals surface area contributed by atoms with Crippen LogP contribution in [0.15, 0.2) is 60.8 Å². The van der Waals surface area contributed by atoms with Gasteiger partial charge >= 0.3 is 6.09 Å². The van der Waals surface area contributed by atoms with Gasteiger partial charge in [0.2, 0.25) is 0 Å². The molecule has 4 nitrogen and oxygen atoms in total. The molecule has 4 heteroatoms. The van der Waals surface area contributed by atoms with Gasteiger partial charge < -0.3 is 9.64 Å². The smallest absolute Gasteiger partial charge is 0.410 e. The van der Waals surface area contributed by atoms with Crippen molar-refractivity contribution in [2.45, 2.75) is 45.3 Å². The van der Waals surface area contributed by atoms with Crippen molar-refractivity contribution >= 4 is 6.09 Å². The molecule has 1 aromatic heterocycles. The molecular weight excluding hydrogens is 372 g/mol. The lowest BCUT2D eigenvalue weighted by atomic mass is 9.76. The molecule has 152 valence electrons. The Labute approximate surface area is 177 Å². The van der Waals surface area contributed by atoms with E-state index in [0.29, 0.717) is 6.54 Å². The Kier molecular flexibility index (Phi) is 4.39. The number of benzene rings is 2. The maximum Gasteiger partial charge on any atom is 0.410 e. The highest BCUT2D eigenvalue weighted by Gasteiger charge is 2.38. The minimum atomic E-state index is -0.504. The molecular formula is C26H26N2O2. The van der Waals surface area contributed by atoms with Crippen molar-refractivity contribution in [3.8, 4) is 22.4 Å². The number of rotatable bonds is 1. The standard InChI is InChI=1S/C26H26N2O2/c1-26(2,3)30-25(29)28-13-11-18-14-19(22-10-6-7-12-27-22)15-21-20-9-5-4-8-17(20)16-23(28)24(18)21/h4-10,12,14-15,23H,11,13,16H2,1-3H3. The number of hydrogen-bond acceptors (Lipinski definition) is 3. The third-order valence-corrected chi connectivity index (χ3v) is 5.91. The monoisotopic (exact) mass is 398 g/mol. The van der Waals surface area contributed by atoms with Crippen molar-refractivity contribution in [1.82, 2.24) is 9.88 Å². The summed E-state index contributed by atoms with van der Waals surface area (Å²) in [6.45, 7) is 6.43. The zero-order valence-corrected chi connectivity index (χ0v) is 17.7. The van der Waals surface area contributed by atoms with Crippen LogP contribution < -0.4 is 0 Å². The molecule has 0 bridgehead atoms. The molecule has 1 aliphatic heterocycles. The van der Waals surface area contributed by atoms with Crippen LogP contribution in [0, 0.1) is 0 Å². The average molecular weight is 399 g/mol. The Balaban J connectivity index is 1.65. The van der Waals surface area contributed by atoms with Gasteiger partial charge in [-0.25, -0.2) is 4.79 Å². The Hall–Kier alpha value is -3.14. The number of ether oxygens (including phenoxy) is 1. The first-order valence-electron chi connectivity index (χ1n) is 10.6. The van der Waals surface area contributed by atoms with E-state index in [-0.39, 0.29) is 12.1 Å². The molecule has 0 spiro atoms. The topological polar surface area (TPSA) is 42.4 Å². The first-order valence-corrected chi connectivity index (χ1v) is 10.6. The number of hydrogen-bond donors (Lipinski definition) is 0. The van der Waals surface area contributed by atoms with E-state index in [1.165, 1.54) is 27.8 Å². The third-order valence-electron chi connectivity index (χ3n) is 5.91. The van der Waals surface area contributed by atoms with Crippen LogP contribution in [0.2, 0.25) is 0 Å². The van der Waals surface area contributed by atoms with Gasteiger partial charge in [-0.2, -0.15) is 0 Å². The van der Waals surface area contributed by atoms with Crippen LogP contribution in [0.3, 0.4) is 0 Å². The fourth-order valence-electron chi connectivity index (χ4n) is 4.69. The summed E-state index contributed by atoms with van der Waals surface area (Å²) in [5.74, 6) is 0. The van der Waals surface area contributed by atoms with Crippen LogP contribution in [0.4, 0.5) is 4.79 Å². The van der Waals surface area contributed by atoms with E-state index in [1.807, 2.05) is 44.0 Å². The molecule has 0 N–H and O–H groups in total. The SMILES string of the molecule is CC(C)(C)OC(=O)N1CCc2cc(-c3ccccn3)cc3c2C1Cc1ccccc1-3. The molecule has 2 aromatic carbocycles. The van der Waals surface area contributed by atoms with Gasteiger partial charge in [0.25, 0.3) is 0 Å². The Bertz CT molecular complexity index is 1120. The second-order valence-electron chi connectivity index (χ2n) is 9.11. The van der Waals surface area contributed by atoms with Gasteiger partial charge in [0, 0.05) is 18.3 Å². The van der Waals surface area contributed by atoms with Crippen molar-refractivity contribution in [2.75, 3.05) is 6.54 Å². The summed E-state index contributed by atoms with van der Waals surface area (Å²) in [7, 11) is 0. The van der Waals surface area contributed by atoms with Crippen LogP contribution >= 0.6 is 0 Å². The molecule has 5 rings (SSSR count). The average Bonchev–Trinajstić information content (AvgIpc) is 2.73. The van der Waals surface area contributed by atoms with Gasteiger partial charge in [0.1, 0.15) is 5.60 Å². The second-order valence-corrected chi connectivity index (χ2v) is 9.11. The van der Waals surface area contributed by atoms with Crippen molar-refractivity contribution < 1.29 is 9.53 Å². The van der Waals surface area contributed by atoms with Gasteiger partial charge in [-0.3, -0.25) is 4.98 Å². The summed E-state index contributed by atoms with van der Waals surface area (Å²) in [5, 5.41) is 0. The van der Waals surface area contributed by atoms with Crippen LogP contribution in [0.1, 0.15) is 43.5 Å². The lowest BCUT2D eigenvalue weighted by Gasteiger charge is -2.42. The van der Waals surface area contributed by atoms with E-state index in [1.54, 1.807) is 0 Å². The Morgan fingerprint density at radius 3 is 2.60 bits per heavy atom. The zero-order valence-electron chi connectivity index (χ0n) is 17.7. The van der Waals surface area contributed by atoms with Crippen molar-refractivity contribution in [3.63, 3.8) is 0 Å². The number of pyridine rings is 1. The molecule has 2 heterocycles. The molecule has 30 heavy (non-hydrogen) atoms. The molecule has 0 fully saturated rings. The molecule has 0 radical (unpaired) electrons. The first-order chi connectivity index (χ1) is 14.4. The summed E-state index contributed by atoms with van der Waals surface area (Å²) in [6.07, 6.45) is 3.25. The fourth-order valence-corrected chi connectivity index (χ4v) is 4.69. The predicted molar refractivity (Wildman–Crippen MR) is 118 cm³/mol.